The number of aromatic amines is 1. The zero-order valence-corrected chi connectivity index (χ0v) is 16.4. The molecule has 3 aromatic heterocycles. The van der Waals surface area contributed by atoms with E-state index >= 15 is 0 Å². The summed E-state index contributed by atoms with van der Waals surface area (Å²) in [7, 11) is 0. The lowest BCUT2D eigenvalue weighted by Gasteiger charge is -2.26. The molecule has 5 rings (SSSR count). The number of nitrogens with zero attached hydrogens (tertiary/aromatic N) is 5. The van der Waals surface area contributed by atoms with E-state index < -0.39 is 0 Å². The van der Waals surface area contributed by atoms with Gasteiger partial charge in [0.2, 0.25) is 0 Å². The average molecular weight is 442 g/mol. The largest absolute Gasteiger partial charge is 0.378 e. The van der Waals surface area contributed by atoms with E-state index in [1.807, 2.05) is 18.5 Å². The van der Waals surface area contributed by atoms with E-state index in [1.54, 1.807) is 4.90 Å². The van der Waals surface area contributed by atoms with Gasteiger partial charge in [0.05, 0.1) is 29.6 Å². The summed E-state index contributed by atoms with van der Waals surface area (Å²) in [5, 5.41) is 3.93. The molecular weight excluding hydrogens is 426 g/mol. The van der Waals surface area contributed by atoms with Gasteiger partial charge in [-0.05, 0) is 22.0 Å². The summed E-state index contributed by atoms with van der Waals surface area (Å²) in [5.74, 6) is 1.13. The summed E-state index contributed by atoms with van der Waals surface area (Å²) in [6, 6.07) is 1.93. The van der Waals surface area contributed by atoms with Crippen LogP contribution >= 0.6 is 15.9 Å². The maximum absolute atomic E-state index is 12.9. The third-order valence-corrected chi connectivity index (χ3v) is 5.60. The maximum atomic E-state index is 12.9. The molecule has 1 amide bonds. The number of hydrogen-bond acceptors (Lipinski definition) is 7. The predicted octanol–water partition coefficient (Wildman–Crippen LogP) is 2.26. The number of nitrogens with one attached hydrogen (secondary N) is 2. The van der Waals surface area contributed by atoms with Crippen molar-refractivity contribution in [3.05, 3.63) is 39.9 Å². The number of carbonyl (C=O) groups is 1. The molecule has 142 valence electrons. The van der Waals surface area contributed by atoms with Crippen LogP contribution < -0.4 is 5.32 Å². The molecule has 1 saturated heterocycles. The summed E-state index contributed by atoms with van der Waals surface area (Å²) in [6.45, 7) is 2.89. The SMILES string of the molecule is O=C(c1[nH]c2ncnc(Nc3cc4c(cn3)CN=C4)c2c1Br)N1CCOCC1. The van der Waals surface area contributed by atoms with Gasteiger partial charge in [0, 0.05) is 36.6 Å². The van der Waals surface area contributed by atoms with Crippen molar-refractivity contribution in [1.82, 2.24) is 24.8 Å². The highest BCUT2D eigenvalue weighted by Gasteiger charge is 2.25. The first-order valence-corrected chi connectivity index (χ1v) is 9.65. The van der Waals surface area contributed by atoms with Crippen LogP contribution in [0.25, 0.3) is 11.0 Å². The van der Waals surface area contributed by atoms with Gasteiger partial charge in [0.1, 0.15) is 29.3 Å². The second kappa shape index (κ2) is 6.95. The Hall–Kier alpha value is -2.85. The van der Waals surface area contributed by atoms with Crippen molar-refractivity contribution in [2.75, 3.05) is 31.6 Å². The molecule has 3 aromatic rings. The van der Waals surface area contributed by atoms with E-state index in [2.05, 4.69) is 46.2 Å². The van der Waals surface area contributed by atoms with Crippen LogP contribution in [0.1, 0.15) is 21.6 Å². The van der Waals surface area contributed by atoms with Crippen molar-refractivity contribution in [3.8, 4) is 0 Å². The highest BCUT2D eigenvalue weighted by Crippen LogP contribution is 2.33. The minimum Gasteiger partial charge on any atom is -0.378 e. The van der Waals surface area contributed by atoms with Crippen LogP contribution in [0.4, 0.5) is 11.6 Å². The molecular formula is C18H16BrN7O2. The van der Waals surface area contributed by atoms with Gasteiger partial charge in [-0.3, -0.25) is 9.79 Å². The molecule has 2 aliphatic rings. The highest BCUT2D eigenvalue weighted by molar-refractivity contribution is 9.10. The van der Waals surface area contributed by atoms with Gasteiger partial charge in [-0.2, -0.15) is 0 Å². The van der Waals surface area contributed by atoms with Gasteiger partial charge in [0.15, 0.2) is 0 Å². The van der Waals surface area contributed by atoms with E-state index in [4.69, 9.17) is 4.74 Å². The summed E-state index contributed by atoms with van der Waals surface area (Å²) in [5.41, 5.74) is 3.16. The monoisotopic (exact) mass is 441 g/mol. The fraction of sp³-hybridized carbons (Fsp3) is 0.278. The van der Waals surface area contributed by atoms with Gasteiger partial charge >= 0.3 is 0 Å². The summed E-state index contributed by atoms with van der Waals surface area (Å²) in [6.07, 6.45) is 5.09. The molecule has 1 fully saturated rings. The standard InChI is InChI=1S/C18H16BrN7O2/c19-14-13-16(24-12-5-10-6-20-7-11(10)8-21-12)22-9-23-17(13)25-15(14)18(27)26-1-3-28-4-2-26/h5-6,8-9H,1-4,7H2,(H2,21,22,23,24,25). The van der Waals surface area contributed by atoms with Gasteiger partial charge in [-0.25, -0.2) is 15.0 Å². The van der Waals surface area contributed by atoms with Gasteiger partial charge in [0.25, 0.3) is 5.91 Å². The van der Waals surface area contributed by atoms with E-state index in [1.165, 1.54) is 6.33 Å². The van der Waals surface area contributed by atoms with Gasteiger partial charge in [-0.15, -0.1) is 0 Å². The van der Waals surface area contributed by atoms with Crippen LogP contribution in [0, 0.1) is 0 Å². The molecule has 28 heavy (non-hydrogen) atoms. The number of anilines is 2. The van der Waals surface area contributed by atoms with Crippen molar-refractivity contribution >= 4 is 50.7 Å². The van der Waals surface area contributed by atoms with E-state index in [-0.39, 0.29) is 5.91 Å². The van der Waals surface area contributed by atoms with Crippen LogP contribution in [0.5, 0.6) is 0 Å². The van der Waals surface area contributed by atoms with Crippen LogP contribution in [0.15, 0.2) is 28.1 Å². The van der Waals surface area contributed by atoms with Crippen molar-refractivity contribution in [2.24, 2.45) is 4.99 Å². The molecule has 10 heteroatoms. The molecule has 2 N–H and O–H groups in total. The van der Waals surface area contributed by atoms with Crippen molar-refractivity contribution in [3.63, 3.8) is 0 Å². The Labute approximate surface area is 168 Å². The first-order valence-electron chi connectivity index (χ1n) is 8.85. The number of amides is 1. The molecule has 0 aromatic carbocycles. The number of fused-ring (bicyclic) bond motifs is 2. The van der Waals surface area contributed by atoms with Gasteiger partial charge in [-0.1, -0.05) is 0 Å². The number of hydrogen-bond donors (Lipinski definition) is 2. The number of halogens is 1. The molecule has 0 spiro atoms. The van der Waals surface area contributed by atoms with E-state index in [0.717, 1.165) is 11.1 Å². The Kier molecular flexibility index (Phi) is 4.29. The number of morpholine rings is 1. The third-order valence-electron chi connectivity index (χ3n) is 4.80. The maximum Gasteiger partial charge on any atom is 0.271 e. The molecule has 9 nitrogen and oxygen atoms in total. The minimum atomic E-state index is -0.0917. The van der Waals surface area contributed by atoms with Crippen molar-refractivity contribution < 1.29 is 9.53 Å². The first-order chi connectivity index (χ1) is 13.7. The van der Waals surface area contributed by atoms with Crippen LogP contribution in [0.2, 0.25) is 0 Å². The second-order valence-corrected chi connectivity index (χ2v) is 7.32. The Bertz CT molecular complexity index is 1100. The van der Waals surface area contributed by atoms with Crippen LogP contribution in [0.3, 0.4) is 0 Å². The molecule has 0 saturated carbocycles. The fourth-order valence-corrected chi connectivity index (χ4v) is 3.98. The van der Waals surface area contributed by atoms with Crippen LogP contribution in [-0.2, 0) is 11.3 Å². The normalized spacial score (nSPS) is 15.8. The number of carbonyl (C=O) groups excluding carboxylic acids is 1. The number of rotatable bonds is 3. The minimum absolute atomic E-state index is 0.0917. The molecule has 0 bridgehead atoms. The zero-order chi connectivity index (χ0) is 19.1. The van der Waals surface area contributed by atoms with Crippen molar-refractivity contribution in [2.45, 2.75) is 6.54 Å². The Balaban J connectivity index is 1.51. The molecule has 0 aliphatic carbocycles. The van der Waals surface area contributed by atoms with Crippen LogP contribution in [-0.4, -0.2) is 63.3 Å². The van der Waals surface area contributed by atoms with E-state index in [0.29, 0.717) is 65.7 Å². The third kappa shape index (κ3) is 2.94. The lowest BCUT2D eigenvalue weighted by atomic mass is 10.2. The van der Waals surface area contributed by atoms with E-state index in [9.17, 15) is 4.79 Å². The smallest absolute Gasteiger partial charge is 0.271 e. The molecule has 0 radical (unpaired) electrons. The average Bonchev–Trinajstić information content (AvgIpc) is 3.33. The lowest BCUT2D eigenvalue weighted by molar-refractivity contribution is 0.0299. The Morgan fingerprint density at radius 1 is 1.25 bits per heavy atom. The first kappa shape index (κ1) is 17.3. The predicted molar refractivity (Wildman–Crippen MR) is 107 cm³/mol. The second-order valence-electron chi connectivity index (χ2n) is 6.53. The Morgan fingerprint density at radius 2 is 2.11 bits per heavy atom. The lowest BCUT2D eigenvalue weighted by Crippen LogP contribution is -2.40. The topological polar surface area (TPSA) is 108 Å². The zero-order valence-electron chi connectivity index (χ0n) is 14.8. The number of H-pyrrole nitrogens is 1. The molecule has 0 unspecified atom stereocenters. The summed E-state index contributed by atoms with van der Waals surface area (Å²) in [4.78, 5) is 35.1. The quantitative estimate of drug-likeness (QED) is 0.645. The van der Waals surface area contributed by atoms with Crippen molar-refractivity contribution in [1.29, 1.82) is 0 Å². The Morgan fingerprint density at radius 3 is 2.96 bits per heavy atom. The molecule has 0 atom stereocenters. The fourth-order valence-electron chi connectivity index (χ4n) is 3.34. The number of aromatic nitrogens is 4. The number of pyridine rings is 1. The highest BCUT2D eigenvalue weighted by atomic mass is 79.9. The number of ether oxygens (including phenoxy) is 1. The molecule has 2 aliphatic heterocycles. The number of aliphatic imine (C=N–C) groups is 1. The van der Waals surface area contributed by atoms with Gasteiger partial charge < -0.3 is 19.9 Å². The summed E-state index contributed by atoms with van der Waals surface area (Å²) < 4.78 is 5.96. The summed E-state index contributed by atoms with van der Waals surface area (Å²) >= 11 is 3.56. The molecule has 5 heterocycles.